The molecule has 8 nitrogen and oxygen atoms in total. The zero-order valence-corrected chi connectivity index (χ0v) is 19.1. The third kappa shape index (κ3) is 4.86. The van der Waals surface area contributed by atoms with E-state index < -0.39 is 5.54 Å². The van der Waals surface area contributed by atoms with Gasteiger partial charge in [-0.1, -0.05) is 12.1 Å². The molecule has 0 radical (unpaired) electrons. The van der Waals surface area contributed by atoms with Crippen LogP contribution in [-0.2, 0) is 20.8 Å². The smallest absolute Gasteiger partial charge is 0.327 e. The Morgan fingerprint density at radius 3 is 2.29 bits per heavy atom. The number of carbonyl (C=O) groups excluding carboxylic acids is 2. The highest BCUT2D eigenvalue weighted by molar-refractivity contribution is 6.07. The molecule has 0 N–H and O–H groups in total. The summed E-state index contributed by atoms with van der Waals surface area (Å²) < 4.78 is 15.7. The quantitative estimate of drug-likeness (QED) is 0.417. The maximum atomic E-state index is 13.6. The molecular weight excluding hydrogens is 398 g/mol. The predicted octanol–water partition coefficient (Wildman–Crippen LogP) is 2.37. The van der Waals surface area contributed by atoms with Gasteiger partial charge in [0, 0.05) is 46.5 Å². The number of urea groups is 1. The zero-order chi connectivity index (χ0) is 22.4. The summed E-state index contributed by atoms with van der Waals surface area (Å²) in [5, 5.41) is 0. The summed E-state index contributed by atoms with van der Waals surface area (Å²) in [5.41, 5.74) is 0.142. The maximum Gasteiger partial charge on any atom is 0.327 e. The highest BCUT2D eigenvalue weighted by Gasteiger charge is 2.57. The van der Waals surface area contributed by atoms with Crippen LogP contribution >= 0.6 is 0 Å². The van der Waals surface area contributed by atoms with Gasteiger partial charge in [0.15, 0.2) is 0 Å². The summed E-state index contributed by atoms with van der Waals surface area (Å²) in [7, 11) is 4.97. The van der Waals surface area contributed by atoms with E-state index >= 15 is 0 Å². The molecule has 31 heavy (non-hydrogen) atoms. The van der Waals surface area contributed by atoms with E-state index in [2.05, 4.69) is 11.8 Å². The molecule has 0 aromatic heterocycles. The third-order valence-electron chi connectivity index (χ3n) is 6.51. The van der Waals surface area contributed by atoms with Crippen molar-refractivity contribution in [2.75, 3.05) is 54.2 Å². The van der Waals surface area contributed by atoms with Crippen LogP contribution in [0.15, 0.2) is 24.3 Å². The summed E-state index contributed by atoms with van der Waals surface area (Å²) in [6.07, 6.45) is 1.98. The van der Waals surface area contributed by atoms with Gasteiger partial charge >= 0.3 is 6.03 Å². The Morgan fingerprint density at radius 2 is 1.71 bits per heavy atom. The van der Waals surface area contributed by atoms with Gasteiger partial charge in [-0.2, -0.15) is 0 Å². The molecule has 8 heteroatoms. The molecule has 3 amide bonds. The van der Waals surface area contributed by atoms with Crippen LogP contribution in [0.25, 0.3) is 0 Å². The molecule has 0 aliphatic carbocycles. The van der Waals surface area contributed by atoms with Gasteiger partial charge in [0.05, 0.1) is 20.3 Å². The van der Waals surface area contributed by atoms with Crippen molar-refractivity contribution in [1.29, 1.82) is 0 Å². The highest BCUT2D eigenvalue weighted by atomic mass is 16.5. The summed E-state index contributed by atoms with van der Waals surface area (Å²) in [6.45, 7) is 5.67. The average Bonchev–Trinajstić information content (AvgIpc) is 2.97. The van der Waals surface area contributed by atoms with Crippen molar-refractivity contribution in [3.63, 3.8) is 0 Å². The van der Waals surface area contributed by atoms with Gasteiger partial charge in [-0.15, -0.1) is 0 Å². The number of amides is 3. The molecule has 2 heterocycles. The summed E-state index contributed by atoms with van der Waals surface area (Å²) in [5.74, 6) is 0.669. The number of nitrogens with zero attached hydrogens (tertiary/aromatic N) is 3. The Morgan fingerprint density at radius 1 is 1.03 bits per heavy atom. The first kappa shape index (κ1) is 23.5. The molecule has 1 atom stereocenters. The van der Waals surface area contributed by atoms with Crippen LogP contribution < -0.4 is 4.74 Å². The lowest BCUT2D eigenvalue weighted by Crippen LogP contribution is -2.58. The molecule has 0 saturated carbocycles. The van der Waals surface area contributed by atoms with Crippen LogP contribution in [0.5, 0.6) is 5.75 Å². The van der Waals surface area contributed by atoms with Gasteiger partial charge in [0.25, 0.3) is 5.91 Å². The summed E-state index contributed by atoms with van der Waals surface area (Å²) in [6, 6.07) is 7.58. The Hall–Kier alpha value is -2.16. The summed E-state index contributed by atoms with van der Waals surface area (Å²) in [4.78, 5) is 32.6. The van der Waals surface area contributed by atoms with Gasteiger partial charge in [0.2, 0.25) is 0 Å². The van der Waals surface area contributed by atoms with Gasteiger partial charge in [-0.3, -0.25) is 14.6 Å². The molecule has 2 aliphatic rings. The lowest BCUT2D eigenvalue weighted by molar-refractivity contribution is -0.136. The molecule has 0 unspecified atom stereocenters. The van der Waals surface area contributed by atoms with E-state index in [1.54, 1.807) is 26.2 Å². The first-order valence-corrected chi connectivity index (χ1v) is 10.9. The van der Waals surface area contributed by atoms with Crippen molar-refractivity contribution < 1.29 is 23.8 Å². The SMILES string of the molecule is COCCCN1C(=O)N(Cc2ccc(OC)cc2)C(=O)C12CCN([C@@H](C)COC)CC2. The second-order valence-electron chi connectivity index (χ2n) is 8.39. The fourth-order valence-corrected chi connectivity index (χ4v) is 4.68. The number of likely N-dealkylation sites (tertiary alicyclic amines) is 1. The van der Waals surface area contributed by atoms with Crippen molar-refractivity contribution in [2.45, 2.75) is 44.3 Å². The van der Waals surface area contributed by atoms with Crippen LogP contribution in [0.2, 0.25) is 0 Å². The largest absolute Gasteiger partial charge is 0.497 e. The number of carbonyl (C=O) groups is 2. The van der Waals surface area contributed by atoms with Gasteiger partial charge in [0.1, 0.15) is 11.3 Å². The average molecular weight is 434 g/mol. The fraction of sp³-hybridized carbons (Fsp3) is 0.652. The third-order valence-corrected chi connectivity index (χ3v) is 6.51. The van der Waals surface area contributed by atoms with E-state index in [1.165, 1.54) is 4.90 Å². The van der Waals surface area contributed by atoms with Crippen LogP contribution in [0.4, 0.5) is 4.79 Å². The molecule has 2 aliphatic heterocycles. The van der Waals surface area contributed by atoms with Crippen molar-refractivity contribution in [2.24, 2.45) is 0 Å². The summed E-state index contributed by atoms with van der Waals surface area (Å²) >= 11 is 0. The van der Waals surface area contributed by atoms with Crippen molar-refractivity contribution >= 4 is 11.9 Å². The van der Waals surface area contributed by atoms with Gasteiger partial charge in [-0.25, -0.2) is 4.79 Å². The van der Waals surface area contributed by atoms with E-state index in [-0.39, 0.29) is 24.5 Å². The Bertz CT molecular complexity index is 746. The molecule has 3 rings (SSSR count). The minimum Gasteiger partial charge on any atom is -0.497 e. The normalized spacial score (nSPS) is 20.0. The van der Waals surface area contributed by atoms with Gasteiger partial charge < -0.3 is 19.1 Å². The predicted molar refractivity (Wildman–Crippen MR) is 117 cm³/mol. The number of imide groups is 1. The topological polar surface area (TPSA) is 71.6 Å². The van der Waals surface area contributed by atoms with E-state index in [4.69, 9.17) is 14.2 Å². The van der Waals surface area contributed by atoms with Crippen molar-refractivity contribution in [3.8, 4) is 5.75 Å². The van der Waals surface area contributed by atoms with E-state index in [9.17, 15) is 9.59 Å². The Kier molecular flexibility index (Phi) is 7.91. The van der Waals surface area contributed by atoms with Crippen LogP contribution in [-0.4, -0.2) is 92.4 Å². The first-order valence-electron chi connectivity index (χ1n) is 10.9. The second-order valence-corrected chi connectivity index (χ2v) is 8.39. The monoisotopic (exact) mass is 433 g/mol. The van der Waals surface area contributed by atoms with Crippen molar-refractivity contribution in [3.05, 3.63) is 29.8 Å². The van der Waals surface area contributed by atoms with E-state index in [1.807, 2.05) is 24.3 Å². The number of methoxy groups -OCH3 is 3. The Labute approximate surface area is 185 Å². The minimum absolute atomic E-state index is 0.0789. The van der Waals surface area contributed by atoms with Crippen molar-refractivity contribution in [1.82, 2.24) is 14.7 Å². The molecule has 1 spiro atoms. The number of piperidine rings is 1. The number of hydrogen-bond donors (Lipinski definition) is 0. The molecule has 0 bridgehead atoms. The van der Waals surface area contributed by atoms with Gasteiger partial charge in [-0.05, 0) is 43.9 Å². The van der Waals surface area contributed by atoms with E-state index in [0.29, 0.717) is 39.0 Å². The number of benzene rings is 1. The molecule has 2 saturated heterocycles. The molecule has 172 valence electrons. The van der Waals surface area contributed by atoms with Crippen LogP contribution in [0, 0.1) is 0 Å². The number of hydrogen-bond acceptors (Lipinski definition) is 6. The number of rotatable bonds is 10. The highest BCUT2D eigenvalue weighted by Crippen LogP contribution is 2.38. The second kappa shape index (κ2) is 10.4. The molecule has 2 fully saturated rings. The maximum absolute atomic E-state index is 13.6. The Balaban J connectivity index is 1.78. The first-order chi connectivity index (χ1) is 15.0. The molecule has 1 aromatic carbocycles. The lowest BCUT2D eigenvalue weighted by Gasteiger charge is -2.44. The number of ether oxygens (including phenoxy) is 3. The minimum atomic E-state index is -0.763. The van der Waals surface area contributed by atoms with Crippen LogP contribution in [0.3, 0.4) is 0 Å². The lowest BCUT2D eigenvalue weighted by atomic mass is 9.85. The zero-order valence-electron chi connectivity index (χ0n) is 19.1. The molecule has 1 aromatic rings. The molecular formula is C23H35N3O5. The van der Waals surface area contributed by atoms with E-state index in [0.717, 1.165) is 24.4 Å². The standard InChI is InChI=1S/C23H35N3O5/c1-18(17-30-3)24-13-10-23(11-14-24)21(27)25(22(28)26(23)12-5-15-29-2)16-19-6-8-20(31-4)9-7-19/h6-9,18H,5,10-17H2,1-4H3/t18-/m0/s1. The fourth-order valence-electron chi connectivity index (χ4n) is 4.68. The van der Waals surface area contributed by atoms with Crippen LogP contribution in [0.1, 0.15) is 31.7 Å².